The summed E-state index contributed by atoms with van der Waals surface area (Å²) >= 11 is 3.35. The van der Waals surface area contributed by atoms with E-state index in [4.69, 9.17) is 0 Å². The second kappa shape index (κ2) is 7.18. The average molecular weight is 350 g/mol. The summed E-state index contributed by atoms with van der Waals surface area (Å²) in [5.41, 5.74) is 1.43. The molecule has 0 unspecified atom stereocenters. The van der Waals surface area contributed by atoms with Gasteiger partial charge in [0.2, 0.25) is 5.91 Å². The molecule has 0 bridgehead atoms. The molecule has 0 radical (unpaired) electrons. The van der Waals surface area contributed by atoms with E-state index in [1.54, 1.807) is 29.4 Å². The molecule has 1 aliphatic carbocycles. The molecule has 0 fully saturated rings. The number of aromatic nitrogens is 2. The first-order chi connectivity index (χ1) is 11.1. The number of carbonyl (C=O) groups is 1. The largest absolute Gasteiger partial charge is 0.355 e. The number of hydrogen-bond acceptors (Lipinski definition) is 5. The van der Waals surface area contributed by atoms with Crippen molar-refractivity contribution in [3.05, 3.63) is 16.8 Å². The molecule has 0 aromatic carbocycles. The van der Waals surface area contributed by atoms with Crippen molar-refractivity contribution in [1.82, 2.24) is 15.3 Å². The highest BCUT2D eigenvalue weighted by molar-refractivity contribution is 8.00. The molecule has 1 amide bonds. The maximum absolute atomic E-state index is 12.2. The molecule has 0 saturated carbocycles. The molecular formula is C17H23N3OS2. The quantitative estimate of drug-likeness (QED) is 0.658. The summed E-state index contributed by atoms with van der Waals surface area (Å²) in [4.78, 5) is 23.7. The van der Waals surface area contributed by atoms with Gasteiger partial charge in [-0.05, 0) is 44.1 Å². The molecular weight excluding hydrogens is 326 g/mol. The highest BCUT2D eigenvalue weighted by Gasteiger charge is 2.22. The summed E-state index contributed by atoms with van der Waals surface area (Å²) in [6, 6.07) is 0. The van der Waals surface area contributed by atoms with Crippen LogP contribution < -0.4 is 5.32 Å². The third kappa shape index (κ3) is 3.69. The molecule has 1 atom stereocenters. The van der Waals surface area contributed by atoms with Gasteiger partial charge in [0.15, 0.2) is 0 Å². The SMILES string of the molecule is CC(C)CNC(=O)[C@H](C)Sc1ncnc2sc3c(c12)CCCC3. The summed E-state index contributed by atoms with van der Waals surface area (Å²) in [7, 11) is 0. The Hall–Kier alpha value is -1.14. The number of nitrogens with zero attached hydrogens (tertiary/aromatic N) is 2. The predicted molar refractivity (Wildman–Crippen MR) is 97.2 cm³/mol. The van der Waals surface area contributed by atoms with Crippen molar-refractivity contribution in [3.63, 3.8) is 0 Å². The lowest BCUT2D eigenvalue weighted by atomic mass is 9.97. The lowest BCUT2D eigenvalue weighted by Crippen LogP contribution is -2.33. The van der Waals surface area contributed by atoms with E-state index in [1.807, 2.05) is 6.92 Å². The van der Waals surface area contributed by atoms with Crippen LogP contribution >= 0.6 is 23.1 Å². The maximum atomic E-state index is 12.2. The third-order valence-electron chi connectivity index (χ3n) is 4.06. The first kappa shape index (κ1) is 16.7. The molecule has 1 N–H and O–H groups in total. The molecule has 1 aliphatic rings. The van der Waals surface area contributed by atoms with Gasteiger partial charge < -0.3 is 5.32 Å². The topological polar surface area (TPSA) is 54.9 Å². The van der Waals surface area contributed by atoms with Gasteiger partial charge in [0.05, 0.1) is 5.25 Å². The lowest BCUT2D eigenvalue weighted by Gasteiger charge is -2.14. The minimum Gasteiger partial charge on any atom is -0.355 e. The van der Waals surface area contributed by atoms with Gasteiger partial charge in [-0.25, -0.2) is 9.97 Å². The van der Waals surface area contributed by atoms with Crippen molar-refractivity contribution >= 4 is 39.2 Å². The van der Waals surface area contributed by atoms with Crippen LogP contribution in [0.25, 0.3) is 10.2 Å². The van der Waals surface area contributed by atoms with Gasteiger partial charge in [0.25, 0.3) is 0 Å². The fourth-order valence-corrected chi connectivity index (χ4v) is 5.08. The summed E-state index contributed by atoms with van der Waals surface area (Å²) in [6.45, 7) is 6.87. The zero-order valence-electron chi connectivity index (χ0n) is 13.9. The number of fused-ring (bicyclic) bond motifs is 3. The number of thiophene rings is 1. The highest BCUT2D eigenvalue weighted by atomic mass is 32.2. The maximum Gasteiger partial charge on any atom is 0.233 e. The molecule has 2 aromatic rings. The molecule has 6 heteroatoms. The van der Waals surface area contributed by atoms with Crippen LogP contribution in [0, 0.1) is 5.92 Å². The summed E-state index contributed by atoms with van der Waals surface area (Å²) in [5, 5.41) is 5.01. The Kier molecular flexibility index (Phi) is 5.21. The minimum absolute atomic E-state index is 0.0829. The number of carbonyl (C=O) groups excluding carboxylic acids is 1. The van der Waals surface area contributed by atoms with E-state index in [9.17, 15) is 4.79 Å². The van der Waals surface area contributed by atoms with Crippen molar-refractivity contribution in [2.45, 2.75) is 56.7 Å². The van der Waals surface area contributed by atoms with Crippen LogP contribution in [0.4, 0.5) is 0 Å². The van der Waals surface area contributed by atoms with Crippen molar-refractivity contribution in [1.29, 1.82) is 0 Å². The predicted octanol–water partition coefficient (Wildman–Crippen LogP) is 3.82. The van der Waals surface area contributed by atoms with E-state index in [0.717, 1.165) is 29.2 Å². The lowest BCUT2D eigenvalue weighted by molar-refractivity contribution is -0.120. The molecule has 0 saturated heterocycles. The average Bonchev–Trinajstić information content (AvgIpc) is 2.91. The van der Waals surface area contributed by atoms with Gasteiger partial charge in [0.1, 0.15) is 16.2 Å². The summed E-state index contributed by atoms with van der Waals surface area (Å²) in [6.07, 6.45) is 6.41. The Balaban J connectivity index is 1.82. The van der Waals surface area contributed by atoms with Gasteiger partial charge in [0, 0.05) is 16.8 Å². The van der Waals surface area contributed by atoms with Crippen molar-refractivity contribution in [3.8, 4) is 0 Å². The van der Waals surface area contributed by atoms with E-state index >= 15 is 0 Å². The second-order valence-corrected chi connectivity index (χ2v) is 8.88. The van der Waals surface area contributed by atoms with Crippen LogP contribution in [0.5, 0.6) is 0 Å². The van der Waals surface area contributed by atoms with E-state index in [2.05, 4.69) is 29.1 Å². The zero-order chi connectivity index (χ0) is 16.4. The Morgan fingerprint density at radius 1 is 1.30 bits per heavy atom. The fraction of sp³-hybridized carbons (Fsp3) is 0.588. The van der Waals surface area contributed by atoms with Gasteiger partial charge in [-0.15, -0.1) is 11.3 Å². The van der Waals surface area contributed by atoms with Crippen molar-refractivity contribution in [2.24, 2.45) is 5.92 Å². The van der Waals surface area contributed by atoms with Crippen LogP contribution in [-0.2, 0) is 17.6 Å². The van der Waals surface area contributed by atoms with Gasteiger partial charge in [-0.2, -0.15) is 0 Å². The monoisotopic (exact) mass is 349 g/mol. The van der Waals surface area contributed by atoms with Crippen LogP contribution in [-0.4, -0.2) is 27.7 Å². The summed E-state index contributed by atoms with van der Waals surface area (Å²) in [5.74, 6) is 0.547. The molecule has 124 valence electrons. The van der Waals surface area contributed by atoms with Crippen LogP contribution in [0.1, 0.15) is 44.1 Å². The summed E-state index contributed by atoms with van der Waals surface area (Å²) < 4.78 is 0. The van der Waals surface area contributed by atoms with Gasteiger partial charge in [-0.3, -0.25) is 4.79 Å². The van der Waals surface area contributed by atoms with Crippen LogP contribution in [0.2, 0.25) is 0 Å². The molecule has 2 aromatic heterocycles. The Bertz CT molecular complexity index is 711. The molecule has 0 spiro atoms. The van der Waals surface area contributed by atoms with E-state index in [-0.39, 0.29) is 11.2 Å². The number of amides is 1. The minimum atomic E-state index is -0.147. The standard InChI is InChI=1S/C17H23N3OS2/c1-10(2)8-18-15(21)11(3)22-16-14-12-6-4-5-7-13(12)23-17(14)20-9-19-16/h9-11H,4-8H2,1-3H3,(H,18,21)/t11-/m0/s1. The Morgan fingerprint density at radius 2 is 2.09 bits per heavy atom. The molecule has 2 heterocycles. The number of hydrogen-bond donors (Lipinski definition) is 1. The highest BCUT2D eigenvalue weighted by Crippen LogP contribution is 2.40. The van der Waals surface area contributed by atoms with E-state index in [1.165, 1.54) is 28.7 Å². The smallest absolute Gasteiger partial charge is 0.233 e. The van der Waals surface area contributed by atoms with Crippen LogP contribution in [0.15, 0.2) is 11.4 Å². The zero-order valence-corrected chi connectivity index (χ0v) is 15.5. The van der Waals surface area contributed by atoms with E-state index < -0.39 is 0 Å². The fourth-order valence-electron chi connectivity index (χ4n) is 2.82. The Labute approximate surface area is 145 Å². The van der Waals surface area contributed by atoms with Crippen molar-refractivity contribution < 1.29 is 4.79 Å². The molecule has 23 heavy (non-hydrogen) atoms. The number of thioether (sulfide) groups is 1. The first-order valence-corrected chi connectivity index (χ1v) is 9.95. The number of aryl methyl sites for hydroxylation is 2. The Morgan fingerprint density at radius 3 is 2.87 bits per heavy atom. The molecule has 4 nitrogen and oxygen atoms in total. The third-order valence-corrected chi connectivity index (χ3v) is 6.36. The van der Waals surface area contributed by atoms with Gasteiger partial charge in [-0.1, -0.05) is 25.6 Å². The van der Waals surface area contributed by atoms with Crippen molar-refractivity contribution in [2.75, 3.05) is 6.54 Å². The van der Waals surface area contributed by atoms with Crippen LogP contribution in [0.3, 0.4) is 0 Å². The number of rotatable bonds is 5. The molecule has 0 aliphatic heterocycles. The number of nitrogens with one attached hydrogen (secondary N) is 1. The first-order valence-electron chi connectivity index (χ1n) is 8.26. The normalized spacial score (nSPS) is 15.7. The molecule has 3 rings (SSSR count). The second-order valence-electron chi connectivity index (χ2n) is 6.47. The van der Waals surface area contributed by atoms with E-state index in [0.29, 0.717) is 5.92 Å². The van der Waals surface area contributed by atoms with Gasteiger partial charge >= 0.3 is 0 Å².